The van der Waals surface area contributed by atoms with Gasteiger partial charge in [0.15, 0.2) is 0 Å². The summed E-state index contributed by atoms with van der Waals surface area (Å²) in [4.78, 5) is 12.4. The van der Waals surface area contributed by atoms with Crippen molar-refractivity contribution in [3.05, 3.63) is 48.0 Å². The average Bonchev–Trinajstić information content (AvgIpc) is 2.65. The number of nitrogens with zero attached hydrogens (tertiary/aromatic N) is 2. The number of nitrogens with one attached hydrogen (secondary N) is 1. The summed E-state index contributed by atoms with van der Waals surface area (Å²) in [6.45, 7) is -0.485. The molecule has 0 unspecified atom stereocenters. The smallest absolute Gasteiger partial charge is 0.245 e. The minimum atomic E-state index is -3.79. The molecule has 0 aliphatic carbocycles. The Kier molecular flexibility index (Phi) is 6.26. The molecule has 0 spiro atoms. The Morgan fingerprint density at radius 2 is 1.89 bits per heavy atom. The number of amides is 1. The Labute approximate surface area is 158 Å². The quantitative estimate of drug-likeness (QED) is 0.776. The van der Waals surface area contributed by atoms with Crippen LogP contribution in [-0.4, -0.2) is 41.3 Å². The fourth-order valence-corrected chi connectivity index (χ4v) is 3.24. The summed E-state index contributed by atoms with van der Waals surface area (Å²) in [6.07, 6.45) is 0.993. The van der Waals surface area contributed by atoms with Crippen molar-refractivity contribution in [1.82, 2.24) is 0 Å². The van der Waals surface area contributed by atoms with E-state index >= 15 is 0 Å². The molecule has 0 radical (unpaired) electrons. The molecule has 1 amide bonds. The number of ether oxygens (including phenoxy) is 2. The van der Waals surface area contributed by atoms with Crippen LogP contribution in [0.1, 0.15) is 5.56 Å². The molecule has 0 heterocycles. The van der Waals surface area contributed by atoms with E-state index < -0.39 is 22.5 Å². The molecule has 0 bridgehead atoms. The maximum atomic E-state index is 12.4. The van der Waals surface area contributed by atoms with Crippen LogP contribution in [0.4, 0.5) is 11.4 Å². The molecular formula is C18H19N3O5S. The van der Waals surface area contributed by atoms with Crippen LogP contribution in [0.2, 0.25) is 0 Å². The van der Waals surface area contributed by atoms with E-state index in [2.05, 4.69) is 5.32 Å². The van der Waals surface area contributed by atoms with E-state index in [4.69, 9.17) is 14.7 Å². The Hall–Kier alpha value is -3.25. The van der Waals surface area contributed by atoms with Gasteiger partial charge in [0.25, 0.3) is 0 Å². The first-order valence-corrected chi connectivity index (χ1v) is 9.63. The molecule has 2 rings (SSSR count). The monoisotopic (exact) mass is 389 g/mol. The zero-order valence-electron chi connectivity index (χ0n) is 15.1. The van der Waals surface area contributed by atoms with Crippen molar-refractivity contribution in [2.24, 2.45) is 0 Å². The maximum Gasteiger partial charge on any atom is 0.245 e. The summed E-state index contributed by atoms with van der Waals surface area (Å²) in [5.41, 5.74) is 0.781. The molecule has 0 atom stereocenters. The Bertz CT molecular complexity index is 983. The SMILES string of the molecule is COc1ccc(N(CC(=O)Nc2ccccc2C#N)S(C)(=O)=O)c(OC)c1. The summed E-state index contributed by atoms with van der Waals surface area (Å²) in [5, 5.41) is 11.7. The zero-order chi connectivity index (χ0) is 20.0. The molecule has 0 aliphatic rings. The van der Waals surface area contributed by atoms with E-state index in [1.165, 1.54) is 26.4 Å². The topological polar surface area (TPSA) is 109 Å². The molecular weight excluding hydrogens is 370 g/mol. The van der Waals surface area contributed by atoms with E-state index in [0.29, 0.717) is 11.4 Å². The molecule has 8 nitrogen and oxygen atoms in total. The summed E-state index contributed by atoms with van der Waals surface area (Å²) < 4.78 is 35.8. The van der Waals surface area contributed by atoms with Crippen LogP contribution < -0.4 is 19.1 Å². The number of benzene rings is 2. The molecule has 142 valence electrons. The largest absolute Gasteiger partial charge is 0.497 e. The van der Waals surface area contributed by atoms with E-state index in [-0.39, 0.29) is 17.0 Å². The number of anilines is 2. The van der Waals surface area contributed by atoms with Crippen LogP contribution in [0, 0.1) is 11.3 Å². The molecule has 0 fully saturated rings. The van der Waals surface area contributed by atoms with Gasteiger partial charge in [-0.1, -0.05) is 12.1 Å². The summed E-state index contributed by atoms with van der Waals surface area (Å²) in [7, 11) is -0.921. The van der Waals surface area contributed by atoms with Gasteiger partial charge in [-0.2, -0.15) is 5.26 Å². The van der Waals surface area contributed by atoms with Gasteiger partial charge >= 0.3 is 0 Å². The fourth-order valence-electron chi connectivity index (χ4n) is 2.38. The van der Waals surface area contributed by atoms with E-state index in [1.807, 2.05) is 6.07 Å². The number of para-hydroxylation sites is 1. The van der Waals surface area contributed by atoms with Gasteiger partial charge in [0, 0.05) is 6.07 Å². The maximum absolute atomic E-state index is 12.4. The Morgan fingerprint density at radius 3 is 2.48 bits per heavy atom. The zero-order valence-corrected chi connectivity index (χ0v) is 15.9. The molecule has 2 aromatic rings. The highest BCUT2D eigenvalue weighted by Gasteiger charge is 2.24. The van der Waals surface area contributed by atoms with Crippen molar-refractivity contribution in [2.75, 3.05) is 36.6 Å². The van der Waals surface area contributed by atoms with Crippen LogP contribution in [0.25, 0.3) is 0 Å². The van der Waals surface area contributed by atoms with Gasteiger partial charge in [0.2, 0.25) is 15.9 Å². The second-order valence-corrected chi connectivity index (χ2v) is 7.42. The molecule has 0 saturated heterocycles. The van der Waals surface area contributed by atoms with Gasteiger partial charge in [-0.15, -0.1) is 0 Å². The molecule has 0 saturated carbocycles. The second-order valence-electron chi connectivity index (χ2n) is 5.51. The highest BCUT2D eigenvalue weighted by molar-refractivity contribution is 7.92. The normalized spacial score (nSPS) is 10.6. The predicted molar refractivity (Wildman–Crippen MR) is 102 cm³/mol. The molecule has 0 aliphatic heterocycles. The number of nitriles is 1. The first kappa shape index (κ1) is 20.1. The van der Waals surface area contributed by atoms with E-state index in [0.717, 1.165) is 10.6 Å². The lowest BCUT2D eigenvalue weighted by molar-refractivity contribution is -0.114. The Morgan fingerprint density at radius 1 is 1.19 bits per heavy atom. The number of carbonyl (C=O) groups is 1. The Balaban J connectivity index is 2.34. The van der Waals surface area contributed by atoms with Crippen LogP contribution in [0.3, 0.4) is 0 Å². The lowest BCUT2D eigenvalue weighted by Gasteiger charge is -2.24. The van der Waals surface area contributed by atoms with Crippen molar-refractivity contribution >= 4 is 27.3 Å². The standard InChI is InChI=1S/C18H19N3O5S/c1-25-14-8-9-16(17(10-14)26-2)21(27(3,23)24)12-18(22)20-15-7-5-4-6-13(15)11-19/h4-10H,12H2,1-3H3,(H,20,22). The van der Waals surface area contributed by atoms with Gasteiger partial charge in [-0.25, -0.2) is 8.42 Å². The highest BCUT2D eigenvalue weighted by atomic mass is 32.2. The second kappa shape index (κ2) is 8.42. The number of hydrogen-bond donors (Lipinski definition) is 1. The summed E-state index contributed by atoms with van der Waals surface area (Å²) in [5.74, 6) is 0.127. The lowest BCUT2D eigenvalue weighted by atomic mass is 10.2. The van der Waals surface area contributed by atoms with Gasteiger partial charge in [0.05, 0.1) is 37.4 Å². The number of sulfonamides is 1. The average molecular weight is 389 g/mol. The van der Waals surface area contributed by atoms with Gasteiger partial charge in [0.1, 0.15) is 24.1 Å². The first-order valence-electron chi connectivity index (χ1n) is 7.79. The third-order valence-electron chi connectivity index (χ3n) is 3.66. The summed E-state index contributed by atoms with van der Waals surface area (Å²) >= 11 is 0. The number of carbonyl (C=O) groups excluding carboxylic acids is 1. The van der Waals surface area contributed by atoms with Gasteiger partial charge in [-0.3, -0.25) is 9.10 Å². The molecule has 1 N–H and O–H groups in total. The van der Waals surface area contributed by atoms with Gasteiger partial charge < -0.3 is 14.8 Å². The predicted octanol–water partition coefficient (Wildman–Crippen LogP) is 1.98. The number of methoxy groups -OCH3 is 2. The lowest BCUT2D eigenvalue weighted by Crippen LogP contribution is -2.37. The third kappa shape index (κ3) is 4.89. The molecule has 0 aromatic heterocycles. The number of rotatable bonds is 7. The van der Waals surface area contributed by atoms with Crippen molar-refractivity contribution in [3.63, 3.8) is 0 Å². The molecule has 27 heavy (non-hydrogen) atoms. The van der Waals surface area contributed by atoms with Crippen LogP contribution in [-0.2, 0) is 14.8 Å². The number of hydrogen-bond acceptors (Lipinski definition) is 6. The van der Waals surface area contributed by atoms with Crippen molar-refractivity contribution in [3.8, 4) is 17.6 Å². The van der Waals surface area contributed by atoms with Crippen molar-refractivity contribution in [2.45, 2.75) is 0 Å². The van der Waals surface area contributed by atoms with E-state index in [1.54, 1.807) is 30.3 Å². The minimum absolute atomic E-state index is 0.199. The van der Waals surface area contributed by atoms with Crippen LogP contribution in [0.15, 0.2) is 42.5 Å². The van der Waals surface area contributed by atoms with Crippen LogP contribution >= 0.6 is 0 Å². The first-order chi connectivity index (χ1) is 12.8. The molecule has 9 heteroatoms. The van der Waals surface area contributed by atoms with E-state index in [9.17, 15) is 13.2 Å². The van der Waals surface area contributed by atoms with Crippen molar-refractivity contribution < 1.29 is 22.7 Å². The van der Waals surface area contributed by atoms with Crippen molar-refractivity contribution in [1.29, 1.82) is 5.26 Å². The van der Waals surface area contributed by atoms with Gasteiger partial charge in [-0.05, 0) is 24.3 Å². The van der Waals surface area contributed by atoms with Crippen LogP contribution in [0.5, 0.6) is 11.5 Å². The minimum Gasteiger partial charge on any atom is -0.497 e. The third-order valence-corrected chi connectivity index (χ3v) is 4.79. The molecule has 2 aromatic carbocycles. The fraction of sp³-hybridized carbons (Fsp3) is 0.222. The highest BCUT2D eigenvalue weighted by Crippen LogP contribution is 2.33. The summed E-state index contributed by atoms with van der Waals surface area (Å²) in [6, 6.07) is 13.0.